The molecule has 2 rings (SSSR count). The first-order valence-electron chi connectivity index (χ1n) is 4.89. The average molecular weight is 252 g/mol. The van der Waals surface area contributed by atoms with E-state index in [4.69, 9.17) is 11.6 Å². The largest absolute Gasteiger partial charge is 0.331 e. The van der Waals surface area contributed by atoms with Gasteiger partial charge in [0.2, 0.25) is 0 Å². The zero-order valence-corrected chi connectivity index (χ0v) is 9.53. The summed E-state index contributed by atoms with van der Waals surface area (Å²) >= 11 is 5.79. The van der Waals surface area contributed by atoms with E-state index in [1.54, 1.807) is 24.3 Å². The predicted molar refractivity (Wildman–Crippen MR) is 63.7 cm³/mol. The number of aromatic nitrogens is 3. The summed E-state index contributed by atoms with van der Waals surface area (Å²) in [6, 6.07) is 6.58. The number of H-pyrrole nitrogens is 1. The van der Waals surface area contributed by atoms with Crippen LogP contribution < -0.4 is 10.6 Å². The third kappa shape index (κ3) is 3.46. The van der Waals surface area contributed by atoms with Crippen LogP contribution in [0.15, 0.2) is 30.6 Å². The highest BCUT2D eigenvalue weighted by molar-refractivity contribution is 6.30. The Hall–Kier alpha value is -2.08. The summed E-state index contributed by atoms with van der Waals surface area (Å²) in [4.78, 5) is 15.4. The van der Waals surface area contributed by atoms with Crippen LogP contribution in [0.25, 0.3) is 0 Å². The maximum Gasteiger partial charge on any atom is 0.319 e. The molecule has 0 spiro atoms. The zero-order chi connectivity index (χ0) is 12.1. The van der Waals surface area contributed by atoms with Gasteiger partial charge < -0.3 is 10.6 Å². The van der Waals surface area contributed by atoms with Crippen molar-refractivity contribution in [2.75, 3.05) is 5.32 Å². The van der Waals surface area contributed by atoms with E-state index in [2.05, 4.69) is 25.8 Å². The number of nitrogens with zero attached hydrogens (tertiary/aromatic N) is 2. The molecule has 0 atom stereocenters. The van der Waals surface area contributed by atoms with Gasteiger partial charge >= 0.3 is 6.03 Å². The molecule has 2 amide bonds. The van der Waals surface area contributed by atoms with Crippen LogP contribution >= 0.6 is 11.6 Å². The molecule has 2 aromatic rings. The molecule has 0 bridgehead atoms. The highest BCUT2D eigenvalue weighted by Gasteiger charge is 2.02. The minimum atomic E-state index is -0.330. The Morgan fingerprint density at radius 1 is 1.47 bits per heavy atom. The number of nitrogens with one attached hydrogen (secondary N) is 3. The molecule has 0 saturated carbocycles. The molecule has 3 N–H and O–H groups in total. The van der Waals surface area contributed by atoms with Gasteiger partial charge in [-0.1, -0.05) is 17.7 Å². The second-order valence-corrected chi connectivity index (χ2v) is 3.69. The monoisotopic (exact) mass is 251 g/mol. The summed E-state index contributed by atoms with van der Waals surface area (Å²) in [5, 5.41) is 12.2. The van der Waals surface area contributed by atoms with Crippen molar-refractivity contribution < 1.29 is 4.79 Å². The minimum Gasteiger partial charge on any atom is -0.331 e. The Bertz CT molecular complexity index is 499. The van der Waals surface area contributed by atoms with E-state index in [1.165, 1.54) is 6.33 Å². The SMILES string of the molecule is O=C(NCc1ncn[nH]1)Nc1cccc(Cl)c1. The number of carbonyl (C=O) groups is 1. The molecule has 0 fully saturated rings. The first kappa shape index (κ1) is 11.4. The van der Waals surface area contributed by atoms with Gasteiger partial charge in [0.15, 0.2) is 0 Å². The van der Waals surface area contributed by atoms with Crippen LogP contribution in [0, 0.1) is 0 Å². The Balaban J connectivity index is 1.85. The first-order chi connectivity index (χ1) is 8.24. The van der Waals surface area contributed by atoms with Crippen molar-refractivity contribution in [2.45, 2.75) is 6.54 Å². The quantitative estimate of drug-likeness (QED) is 0.778. The molecule has 1 heterocycles. The van der Waals surface area contributed by atoms with Gasteiger partial charge in [-0.2, -0.15) is 5.10 Å². The number of benzene rings is 1. The van der Waals surface area contributed by atoms with Crippen molar-refractivity contribution in [3.05, 3.63) is 41.4 Å². The van der Waals surface area contributed by atoms with Crippen LogP contribution in [0.1, 0.15) is 5.82 Å². The van der Waals surface area contributed by atoms with Crippen LogP contribution in [-0.2, 0) is 6.54 Å². The number of hydrogen-bond acceptors (Lipinski definition) is 3. The Kier molecular flexibility index (Phi) is 3.56. The smallest absolute Gasteiger partial charge is 0.319 e. The molecule has 88 valence electrons. The molecule has 1 aromatic heterocycles. The van der Waals surface area contributed by atoms with Gasteiger partial charge in [0.25, 0.3) is 0 Å². The average Bonchev–Trinajstić information content (AvgIpc) is 2.79. The van der Waals surface area contributed by atoms with Crippen LogP contribution in [0.2, 0.25) is 5.02 Å². The lowest BCUT2D eigenvalue weighted by Gasteiger charge is -2.06. The topological polar surface area (TPSA) is 82.7 Å². The van der Waals surface area contributed by atoms with Gasteiger partial charge in [0.1, 0.15) is 12.2 Å². The van der Waals surface area contributed by atoms with Crippen LogP contribution in [0.4, 0.5) is 10.5 Å². The molecule has 17 heavy (non-hydrogen) atoms. The molecule has 6 nitrogen and oxygen atoms in total. The van der Waals surface area contributed by atoms with Crippen molar-refractivity contribution in [1.29, 1.82) is 0 Å². The maximum atomic E-state index is 11.5. The zero-order valence-electron chi connectivity index (χ0n) is 8.77. The molecular formula is C10H10ClN5O. The fraction of sp³-hybridized carbons (Fsp3) is 0.100. The Morgan fingerprint density at radius 2 is 2.35 bits per heavy atom. The normalized spacial score (nSPS) is 9.94. The standard InChI is InChI=1S/C10H10ClN5O/c11-7-2-1-3-8(4-7)15-10(17)12-5-9-13-6-14-16-9/h1-4,6H,5H2,(H2,12,15,17)(H,13,14,16). The van der Waals surface area contributed by atoms with Gasteiger partial charge in [0.05, 0.1) is 6.54 Å². The van der Waals surface area contributed by atoms with Gasteiger partial charge in [0, 0.05) is 10.7 Å². The second kappa shape index (κ2) is 5.31. The molecule has 0 unspecified atom stereocenters. The van der Waals surface area contributed by atoms with E-state index in [0.717, 1.165) is 0 Å². The predicted octanol–water partition coefficient (Wildman–Crippen LogP) is 1.78. The van der Waals surface area contributed by atoms with Crippen LogP contribution in [0.3, 0.4) is 0 Å². The minimum absolute atomic E-state index is 0.284. The number of rotatable bonds is 3. The molecule has 0 aliphatic rings. The van der Waals surface area contributed by atoms with Crippen molar-refractivity contribution in [3.8, 4) is 0 Å². The molecule has 0 aliphatic heterocycles. The van der Waals surface area contributed by atoms with Crippen LogP contribution in [-0.4, -0.2) is 21.2 Å². The van der Waals surface area contributed by atoms with Gasteiger partial charge in [-0.05, 0) is 18.2 Å². The lowest BCUT2D eigenvalue weighted by atomic mass is 10.3. The van der Waals surface area contributed by atoms with E-state index in [-0.39, 0.29) is 12.6 Å². The summed E-state index contributed by atoms with van der Waals surface area (Å²) in [7, 11) is 0. The second-order valence-electron chi connectivity index (χ2n) is 3.25. The van der Waals surface area contributed by atoms with E-state index in [9.17, 15) is 4.79 Å². The molecule has 0 saturated heterocycles. The summed E-state index contributed by atoms with van der Waals surface area (Å²) in [6.07, 6.45) is 1.38. The molecule has 1 aromatic carbocycles. The van der Waals surface area contributed by atoms with E-state index < -0.39 is 0 Å². The van der Waals surface area contributed by atoms with E-state index in [0.29, 0.717) is 16.5 Å². The highest BCUT2D eigenvalue weighted by Crippen LogP contribution is 2.14. The van der Waals surface area contributed by atoms with Gasteiger partial charge in [-0.3, -0.25) is 5.10 Å². The van der Waals surface area contributed by atoms with Crippen molar-refractivity contribution in [2.24, 2.45) is 0 Å². The summed E-state index contributed by atoms with van der Waals surface area (Å²) < 4.78 is 0. The number of hydrogen-bond donors (Lipinski definition) is 3. The lowest BCUT2D eigenvalue weighted by Crippen LogP contribution is -2.28. The van der Waals surface area contributed by atoms with Crippen LogP contribution in [0.5, 0.6) is 0 Å². The Labute approximate surface area is 102 Å². The molecule has 0 aliphatic carbocycles. The van der Waals surface area contributed by atoms with Crippen molar-refractivity contribution >= 4 is 23.3 Å². The Morgan fingerprint density at radius 3 is 3.06 bits per heavy atom. The number of halogens is 1. The number of anilines is 1. The molecular weight excluding hydrogens is 242 g/mol. The molecule has 0 radical (unpaired) electrons. The fourth-order valence-electron chi connectivity index (χ4n) is 1.22. The number of amides is 2. The summed E-state index contributed by atoms with van der Waals surface area (Å²) in [5.41, 5.74) is 0.632. The first-order valence-corrected chi connectivity index (χ1v) is 5.26. The van der Waals surface area contributed by atoms with E-state index >= 15 is 0 Å². The number of aromatic amines is 1. The third-order valence-corrected chi connectivity index (χ3v) is 2.20. The number of carbonyl (C=O) groups excluding carboxylic acids is 1. The third-order valence-electron chi connectivity index (χ3n) is 1.96. The van der Waals surface area contributed by atoms with E-state index in [1.807, 2.05) is 0 Å². The van der Waals surface area contributed by atoms with Gasteiger partial charge in [-0.15, -0.1) is 0 Å². The summed E-state index contributed by atoms with van der Waals surface area (Å²) in [6.45, 7) is 0.284. The molecule has 7 heteroatoms. The van der Waals surface area contributed by atoms with Crippen molar-refractivity contribution in [1.82, 2.24) is 20.5 Å². The summed E-state index contributed by atoms with van der Waals surface area (Å²) in [5.74, 6) is 0.589. The fourth-order valence-corrected chi connectivity index (χ4v) is 1.41. The maximum absolute atomic E-state index is 11.5. The van der Waals surface area contributed by atoms with Gasteiger partial charge in [-0.25, -0.2) is 9.78 Å². The van der Waals surface area contributed by atoms with Crippen molar-refractivity contribution in [3.63, 3.8) is 0 Å². The number of urea groups is 1. The lowest BCUT2D eigenvalue weighted by molar-refractivity contribution is 0.251. The highest BCUT2D eigenvalue weighted by atomic mass is 35.5.